The van der Waals surface area contributed by atoms with Gasteiger partial charge < -0.3 is 9.88 Å². The zero-order valence-electron chi connectivity index (χ0n) is 11.4. The summed E-state index contributed by atoms with van der Waals surface area (Å²) in [5.41, 5.74) is 5.01. The van der Waals surface area contributed by atoms with Gasteiger partial charge in [0.2, 0.25) is 5.91 Å². The van der Waals surface area contributed by atoms with Gasteiger partial charge in [0, 0.05) is 24.5 Å². The van der Waals surface area contributed by atoms with Gasteiger partial charge in [-0.05, 0) is 44.7 Å². The number of nitrogens with one attached hydrogen (secondary N) is 1. The van der Waals surface area contributed by atoms with Gasteiger partial charge in [0.1, 0.15) is 0 Å². The second-order valence-electron chi connectivity index (χ2n) is 5.21. The summed E-state index contributed by atoms with van der Waals surface area (Å²) in [6.45, 7) is 8.51. The lowest BCUT2D eigenvalue weighted by molar-refractivity contribution is -0.128. The summed E-state index contributed by atoms with van der Waals surface area (Å²) in [7, 11) is 1.90. The topological polar surface area (TPSA) is 36.1 Å². The van der Waals surface area contributed by atoms with E-state index in [4.69, 9.17) is 0 Å². The van der Waals surface area contributed by atoms with Gasteiger partial charge in [0.25, 0.3) is 0 Å². The van der Waals surface area contributed by atoms with E-state index in [9.17, 15) is 4.79 Å². The van der Waals surface area contributed by atoms with Gasteiger partial charge in [-0.25, -0.2) is 0 Å². The Kier molecular flexibility index (Phi) is 3.02. The zero-order valence-corrected chi connectivity index (χ0v) is 11.4. The summed E-state index contributed by atoms with van der Waals surface area (Å²) < 4.78 is 0. The van der Waals surface area contributed by atoms with E-state index in [1.807, 2.05) is 11.9 Å². The molecule has 3 nitrogen and oxygen atoms in total. The molecular formula is C14H22N2O. The maximum Gasteiger partial charge on any atom is 0.231 e. The molecule has 0 aliphatic carbocycles. The smallest absolute Gasteiger partial charge is 0.231 e. The van der Waals surface area contributed by atoms with E-state index >= 15 is 0 Å². The molecule has 1 aliphatic heterocycles. The van der Waals surface area contributed by atoms with Crippen molar-refractivity contribution in [2.45, 2.75) is 52.5 Å². The fourth-order valence-electron chi connectivity index (χ4n) is 3.00. The van der Waals surface area contributed by atoms with Crippen molar-refractivity contribution in [3.05, 3.63) is 22.5 Å². The van der Waals surface area contributed by atoms with Crippen LogP contribution in [-0.4, -0.2) is 28.9 Å². The molecule has 1 saturated heterocycles. The summed E-state index contributed by atoms with van der Waals surface area (Å²) in [6.07, 6.45) is 1.96. The lowest BCUT2D eigenvalue weighted by Crippen LogP contribution is -2.27. The number of hydrogen-bond donors (Lipinski definition) is 1. The van der Waals surface area contributed by atoms with E-state index < -0.39 is 0 Å². The molecule has 2 unspecified atom stereocenters. The van der Waals surface area contributed by atoms with Crippen LogP contribution in [0.3, 0.4) is 0 Å². The number of hydrogen-bond acceptors (Lipinski definition) is 1. The molecule has 1 aliphatic rings. The maximum atomic E-state index is 12.2. The maximum absolute atomic E-state index is 12.2. The highest BCUT2D eigenvalue weighted by Crippen LogP contribution is 2.34. The number of nitrogens with zero attached hydrogens (tertiary/aromatic N) is 1. The number of likely N-dealkylation sites (tertiary alicyclic amines) is 1. The van der Waals surface area contributed by atoms with E-state index in [-0.39, 0.29) is 11.8 Å². The lowest BCUT2D eigenvalue weighted by atomic mass is 9.97. The van der Waals surface area contributed by atoms with Gasteiger partial charge in [0.05, 0.1) is 5.92 Å². The molecule has 0 aromatic carbocycles. The highest BCUT2D eigenvalue weighted by atomic mass is 16.2. The van der Waals surface area contributed by atoms with Crippen molar-refractivity contribution in [1.82, 2.24) is 9.88 Å². The molecule has 0 bridgehead atoms. The number of H-pyrrole nitrogens is 1. The minimum Gasteiger partial charge on any atom is -0.361 e. The predicted molar refractivity (Wildman–Crippen MR) is 69.2 cm³/mol. The van der Waals surface area contributed by atoms with Crippen LogP contribution >= 0.6 is 0 Å². The molecule has 1 fully saturated rings. The van der Waals surface area contributed by atoms with Gasteiger partial charge in [-0.15, -0.1) is 0 Å². The van der Waals surface area contributed by atoms with E-state index in [1.54, 1.807) is 0 Å². The number of rotatable bonds is 2. The van der Waals surface area contributed by atoms with Gasteiger partial charge >= 0.3 is 0 Å². The first-order valence-electron chi connectivity index (χ1n) is 6.42. The minimum atomic E-state index is 0.0361. The first-order chi connectivity index (χ1) is 7.97. The summed E-state index contributed by atoms with van der Waals surface area (Å²) >= 11 is 0. The van der Waals surface area contributed by atoms with Gasteiger partial charge in [0.15, 0.2) is 0 Å². The van der Waals surface area contributed by atoms with Crippen LogP contribution in [0.15, 0.2) is 0 Å². The van der Waals surface area contributed by atoms with E-state index in [0.717, 1.165) is 18.5 Å². The number of likely N-dealkylation sites (N-methyl/N-ethyl adjacent to an activating group) is 1. The second-order valence-corrected chi connectivity index (χ2v) is 5.21. The molecule has 0 radical (unpaired) electrons. The Balaban J connectivity index is 2.39. The Morgan fingerprint density at radius 1 is 1.41 bits per heavy atom. The van der Waals surface area contributed by atoms with Crippen LogP contribution in [-0.2, 0) is 11.2 Å². The third kappa shape index (κ3) is 1.78. The lowest BCUT2D eigenvalue weighted by Gasteiger charge is -2.14. The first kappa shape index (κ1) is 12.2. The third-order valence-electron chi connectivity index (χ3n) is 4.22. The molecule has 3 heteroatoms. The Labute approximate surface area is 103 Å². The summed E-state index contributed by atoms with van der Waals surface area (Å²) in [4.78, 5) is 17.5. The average molecular weight is 234 g/mol. The van der Waals surface area contributed by atoms with Crippen molar-refractivity contribution < 1.29 is 4.79 Å². The number of aromatic amines is 1. The summed E-state index contributed by atoms with van der Waals surface area (Å²) in [5, 5.41) is 0. The molecule has 0 spiro atoms. The van der Waals surface area contributed by atoms with Gasteiger partial charge in [-0.1, -0.05) is 6.92 Å². The van der Waals surface area contributed by atoms with Gasteiger partial charge in [-0.3, -0.25) is 4.79 Å². The Hall–Kier alpha value is -1.25. The molecule has 1 amide bonds. The van der Waals surface area contributed by atoms with Crippen molar-refractivity contribution >= 4 is 5.91 Å². The summed E-state index contributed by atoms with van der Waals surface area (Å²) in [6, 6.07) is 0.348. The Morgan fingerprint density at radius 3 is 2.47 bits per heavy atom. The van der Waals surface area contributed by atoms with Crippen LogP contribution in [0.25, 0.3) is 0 Å². The third-order valence-corrected chi connectivity index (χ3v) is 4.22. The molecule has 17 heavy (non-hydrogen) atoms. The van der Waals surface area contributed by atoms with Crippen LogP contribution in [0.5, 0.6) is 0 Å². The van der Waals surface area contributed by atoms with E-state index in [1.165, 1.54) is 16.8 Å². The molecule has 1 aromatic rings. The van der Waals surface area contributed by atoms with Crippen molar-refractivity contribution in [2.24, 2.45) is 0 Å². The molecule has 1 N–H and O–H groups in total. The largest absolute Gasteiger partial charge is 0.361 e. The standard InChI is InChI=1S/C14H22N2O/c1-6-11-9(3)13(15-10(11)4)12-7-8(2)16(5)14(12)17/h8,12,15H,6-7H2,1-5H3. The molecule has 0 saturated carbocycles. The SMILES string of the molecule is CCc1c(C)[nH]c(C2CC(C)N(C)C2=O)c1C. The van der Waals surface area contributed by atoms with Crippen molar-refractivity contribution in [3.63, 3.8) is 0 Å². The summed E-state index contributed by atoms with van der Waals surface area (Å²) in [5.74, 6) is 0.290. The fraction of sp³-hybridized carbons (Fsp3) is 0.643. The van der Waals surface area contributed by atoms with E-state index in [0.29, 0.717) is 6.04 Å². The van der Waals surface area contributed by atoms with Crippen LogP contribution in [0.1, 0.15) is 48.7 Å². The number of carbonyl (C=O) groups excluding carboxylic acids is 1. The van der Waals surface area contributed by atoms with Crippen LogP contribution < -0.4 is 0 Å². The highest BCUT2D eigenvalue weighted by Gasteiger charge is 2.37. The van der Waals surface area contributed by atoms with Crippen molar-refractivity contribution in [2.75, 3.05) is 7.05 Å². The van der Waals surface area contributed by atoms with Crippen LogP contribution in [0.4, 0.5) is 0 Å². The number of carbonyl (C=O) groups is 1. The van der Waals surface area contributed by atoms with Crippen molar-refractivity contribution in [1.29, 1.82) is 0 Å². The zero-order chi connectivity index (χ0) is 12.7. The van der Waals surface area contributed by atoms with E-state index in [2.05, 4.69) is 32.7 Å². The van der Waals surface area contributed by atoms with Crippen LogP contribution in [0, 0.1) is 13.8 Å². The minimum absolute atomic E-state index is 0.0361. The molecule has 94 valence electrons. The number of amides is 1. The van der Waals surface area contributed by atoms with Crippen LogP contribution in [0.2, 0.25) is 0 Å². The fourth-order valence-corrected chi connectivity index (χ4v) is 3.00. The average Bonchev–Trinajstić information content (AvgIpc) is 2.71. The Bertz CT molecular complexity index is 447. The Morgan fingerprint density at radius 2 is 2.06 bits per heavy atom. The number of aryl methyl sites for hydroxylation is 1. The molecule has 2 heterocycles. The quantitative estimate of drug-likeness (QED) is 0.838. The van der Waals surface area contributed by atoms with Crippen molar-refractivity contribution in [3.8, 4) is 0 Å². The predicted octanol–water partition coefficient (Wildman–Crippen LogP) is 2.53. The van der Waals surface area contributed by atoms with Gasteiger partial charge in [-0.2, -0.15) is 0 Å². The number of aromatic nitrogens is 1. The monoisotopic (exact) mass is 234 g/mol. The molecule has 1 aromatic heterocycles. The first-order valence-corrected chi connectivity index (χ1v) is 6.42. The molecule has 2 rings (SSSR count). The molecular weight excluding hydrogens is 212 g/mol. The second kappa shape index (κ2) is 4.21. The molecule has 2 atom stereocenters. The normalized spacial score (nSPS) is 24.8. The highest BCUT2D eigenvalue weighted by molar-refractivity contribution is 5.86.